The standard InChI is InChI=1S/C16H16N4O2/c1-19-16(20-8-3-4-9-20)14(11-17-19)15(21)18-12-6-5-7-13(10-12)22-2/h3-11H,1-2H3,(H,18,21). The van der Waals surface area contributed by atoms with Crippen molar-refractivity contribution in [1.29, 1.82) is 0 Å². The van der Waals surface area contributed by atoms with Crippen molar-refractivity contribution >= 4 is 11.6 Å². The highest BCUT2D eigenvalue weighted by molar-refractivity contribution is 6.06. The van der Waals surface area contributed by atoms with Gasteiger partial charge in [0.1, 0.15) is 17.1 Å². The fraction of sp³-hybridized carbons (Fsp3) is 0.125. The molecule has 2 aromatic heterocycles. The number of nitrogens with zero attached hydrogens (tertiary/aromatic N) is 3. The Morgan fingerprint density at radius 3 is 2.73 bits per heavy atom. The molecule has 0 fully saturated rings. The minimum Gasteiger partial charge on any atom is -0.497 e. The zero-order valence-electron chi connectivity index (χ0n) is 12.4. The summed E-state index contributed by atoms with van der Waals surface area (Å²) in [7, 11) is 3.39. The van der Waals surface area contributed by atoms with Crippen LogP contribution in [0.25, 0.3) is 5.82 Å². The molecular weight excluding hydrogens is 280 g/mol. The van der Waals surface area contributed by atoms with Crippen molar-refractivity contribution in [3.8, 4) is 11.6 Å². The SMILES string of the molecule is COc1cccc(NC(=O)c2cnn(C)c2-n2cccc2)c1. The third-order valence-corrected chi connectivity index (χ3v) is 3.33. The smallest absolute Gasteiger partial charge is 0.261 e. The van der Waals surface area contributed by atoms with Crippen LogP contribution in [-0.4, -0.2) is 27.4 Å². The highest BCUT2D eigenvalue weighted by Gasteiger charge is 2.17. The van der Waals surface area contributed by atoms with Crippen LogP contribution < -0.4 is 10.1 Å². The molecule has 112 valence electrons. The molecule has 0 saturated heterocycles. The first-order chi connectivity index (χ1) is 10.7. The number of rotatable bonds is 4. The summed E-state index contributed by atoms with van der Waals surface area (Å²) in [6, 6.07) is 11.0. The number of methoxy groups -OCH3 is 1. The van der Waals surface area contributed by atoms with Crippen molar-refractivity contribution in [2.24, 2.45) is 7.05 Å². The number of aryl methyl sites for hydroxylation is 1. The number of hydrogen-bond donors (Lipinski definition) is 1. The Bertz CT molecular complexity index is 790. The van der Waals surface area contributed by atoms with Crippen LogP contribution in [0.2, 0.25) is 0 Å². The number of nitrogens with one attached hydrogen (secondary N) is 1. The van der Waals surface area contributed by atoms with E-state index in [0.29, 0.717) is 22.8 Å². The topological polar surface area (TPSA) is 61.1 Å². The maximum absolute atomic E-state index is 12.5. The second-order valence-electron chi connectivity index (χ2n) is 4.78. The Morgan fingerprint density at radius 2 is 2.00 bits per heavy atom. The Kier molecular flexibility index (Phi) is 3.65. The Morgan fingerprint density at radius 1 is 1.23 bits per heavy atom. The lowest BCUT2D eigenvalue weighted by atomic mass is 10.2. The molecule has 6 nitrogen and oxygen atoms in total. The van der Waals surface area contributed by atoms with Gasteiger partial charge in [0.25, 0.3) is 5.91 Å². The van der Waals surface area contributed by atoms with Crippen molar-refractivity contribution in [2.45, 2.75) is 0 Å². The first-order valence-corrected chi connectivity index (χ1v) is 6.80. The summed E-state index contributed by atoms with van der Waals surface area (Å²) >= 11 is 0. The summed E-state index contributed by atoms with van der Waals surface area (Å²) < 4.78 is 8.68. The molecule has 0 atom stereocenters. The van der Waals surface area contributed by atoms with Gasteiger partial charge in [-0.3, -0.25) is 9.48 Å². The lowest BCUT2D eigenvalue weighted by Crippen LogP contribution is -2.15. The predicted octanol–water partition coefficient (Wildman–Crippen LogP) is 2.47. The van der Waals surface area contributed by atoms with Crippen LogP contribution in [0, 0.1) is 0 Å². The van der Waals surface area contributed by atoms with E-state index in [0.717, 1.165) is 0 Å². The van der Waals surface area contributed by atoms with E-state index in [1.165, 1.54) is 0 Å². The molecule has 0 radical (unpaired) electrons. The summed E-state index contributed by atoms with van der Waals surface area (Å²) in [6.07, 6.45) is 5.31. The summed E-state index contributed by atoms with van der Waals surface area (Å²) in [5.41, 5.74) is 1.17. The Balaban J connectivity index is 1.90. The second kappa shape index (κ2) is 5.77. The van der Waals surface area contributed by atoms with Crippen LogP contribution in [0.4, 0.5) is 5.69 Å². The third kappa shape index (κ3) is 2.58. The van der Waals surface area contributed by atoms with E-state index in [1.54, 1.807) is 31.1 Å². The van der Waals surface area contributed by atoms with Gasteiger partial charge in [-0.25, -0.2) is 0 Å². The van der Waals surface area contributed by atoms with E-state index in [9.17, 15) is 4.79 Å². The minimum absolute atomic E-state index is 0.218. The van der Waals surface area contributed by atoms with E-state index in [4.69, 9.17) is 4.74 Å². The van der Waals surface area contributed by atoms with Gasteiger partial charge in [-0.1, -0.05) is 6.07 Å². The quantitative estimate of drug-likeness (QED) is 0.804. The lowest BCUT2D eigenvalue weighted by molar-refractivity contribution is 0.102. The number of ether oxygens (including phenoxy) is 1. The summed E-state index contributed by atoms with van der Waals surface area (Å²) in [5.74, 6) is 1.19. The molecule has 0 aliphatic heterocycles. The molecule has 0 bridgehead atoms. The second-order valence-corrected chi connectivity index (χ2v) is 4.78. The molecule has 1 N–H and O–H groups in total. The van der Waals surface area contributed by atoms with Gasteiger partial charge < -0.3 is 14.6 Å². The van der Waals surface area contributed by atoms with Gasteiger partial charge >= 0.3 is 0 Å². The fourth-order valence-electron chi connectivity index (χ4n) is 2.27. The van der Waals surface area contributed by atoms with Crippen molar-refractivity contribution in [2.75, 3.05) is 12.4 Å². The molecule has 1 aromatic carbocycles. The number of carbonyl (C=O) groups is 1. The van der Waals surface area contributed by atoms with E-state index in [2.05, 4.69) is 10.4 Å². The number of aromatic nitrogens is 3. The van der Waals surface area contributed by atoms with E-state index in [-0.39, 0.29) is 5.91 Å². The van der Waals surface area contributed by atoms with Gasteiger partial charge in [0.2, 0.25) is 0 Å². The van der Waals surface area contributed by atoms with Crippen LogP contribution in [0.3, 0.4) is 0 Å². The highest BCUT2D eigenvalue weighted by atomic mass is 16.5. The zero-order valence-corrected chi connectivity index (χ0v) is 12.4. The molecule has 0 aliphatic carbocycles. The highest BCUT2D eigenvalue weighted by Crippen LogP contribution is 2.19. The molecular formula is C16H16N4O2. The average molecular weight is 296 g/mol. The van der Waals surface area contributed by atoms with Crippen LogP contribution in [0.15, 0.2) is 55.0 Å². The van der Waals surface area contributed by atoms with E-state index in [1.807, 2.05) is 47.3 Å². The number of anilines is 1. The van der Waals surface area contributed by atoms with Crippen LogP contribution in [0.1, 0.15) is 10.4 Å². The third-order valence-electron chi connectivity index (χ3n) is 3.33. The molecule has 2 heterocycles. The van der Waals surface area contributed by atoms with Crippen LogP contribution in [-0.2, 0) is 7.05 Å². The first-order valence-electron chi connectivity index (χ1n) is 6.80. The zero-order chi connectivity index (χ0) is 15.5. The van der Waals surface area contributed by atoms with E-state index < -0.39 is 0 Å². The predicted molar refractivity (Wildman–Crippen MR) is 83.5 cm³/mol. The fourth-order valence-corrected chi connectivity index (χ4v) is 2.27. The average Bonchev–Trinajstić information content (AvgIpc) is 3.16. The van der Waals surface area contributed by atoms with Crippen LogP contribution >= 0.6 is 0 Å². The number of carbonyl (C=O) groups excluding carboxylic acids is 1. The van der Waals surface area contributed by atoms with Gasteiger partial charge in [0, 0.05) is 31.2 Å². The maximum atomic E-state index is 12.5. The largest absolute Gasteiger partial charge is 0.497 e. The molecule has 6 heteroatoms. The van der Waals surface area contributed by atoms with Gasteiger partial charge in [-0.2, -0.15) is 5.10 Å². The summed E-state index contributed by atoms with van der Waals surface area (Å²) in [5, 5.41) is 7.04. The van der Waals surface area contributed by atoms with Crippen molar-refractivity contribution < 1.29 is 9.53 Å². The lowest BCUT2D eigenvalue weighted by Gasteiger charge is -2.09. The molecule has 0 aliphatic rings. The van der Waals surface area contributed by atoms with Gasteiger partial charge in [-0.05, 0) is 24.3 Å². The summed E-state index contributed by atoms with van der Waals surface area (Å²) in [6.45, 7) is 0. The molecule has 0 unspecified atom stereocenters. The number of hydrogen-bond acceptors (Lipinski definition) is 3. The van der Waals surface area contributed by atoms with Crippen LogP contribution in [0.5, 0.6) is 5.75 Å². The number of benzene rings is 1. The molecule has 1 amide bonds. The summed E-state index contributed by atoms with van der Waals surface area (Å²) in [4.78, 5) is 12.5. The molecule has 3 rings (SSSR count). The van der Waals surface area contributed by atoms with Crippen molar-refractivity contribution in [3.05, 3.63) is 60.6 Å². The molecule has 0 saturated carbocycles. The first kappa shape index (κ1) is 13.9. The van der Waals surface area contributed by atoms with E-state index >= 15 is 0 Å². The molecule has 3 aromatic rings. The molecule has 22 heavy (non-hydrogen) atoms. The maximum Gasteiger partial charge on any atom is 0.261 e. The van der Waals surface area contributed by atoms with Crippen molar-refractivity contribution in [3.63, 3.8) is 0 Å². The Labute approximate surface area is 127 Å². The van der Waals surface area contributed by atoms with Gasteiger partial charge in [0.15, 0.2) is 0 Å². The van der Waals surface area contributed by atoms with Gasteiger partial charge in [0.05, 0.1) is 13.3 Å². The molecule has 0 spiro atoms. The van der Waals surface area contributed by atoms with Gasteiger partial charge in [-0.15, -0.1) is 0 Å². The Hall–Kier alpha value is -3.02. The number of amides is 1. The normalized spacial score (nSPS) is 10.5. The minimum atomic E-state index is -0.218. The van der Waals surface area contributed by atoms with Crippen molar-refractivity contribution in [1.82, 2.24) is 14.3 Å². The monoisotopic (exact) mass is 296 g/mol.